The molecule has 2 heterocycles. The normalized spacial score (nSPS) is 19.4. The summed E-state index contributed by atoms with van der Waals surface area (Å²) in [5.41, 5.74) is 5.03. The summed E-state index contributed by atoms with van der Waals surface area (Å²) in [6, 6.07) is 7.14. The number of aromatic nitrogens is 2. The number of hydrogen-bond acceptors (Lipinski definition) is 4. The fraction of sp³-hybridized carbons (Fsp3) is 0.450. The van der Waals surface area contributed by atoms with Crippen molar-refractivity contribution < 1.29 is 14.3 Å². The number of amides is 2. The van der Waals surface area contributed by atoms with Crippen LogP contribution >= 0.6 is 11.6 Å². The monoisotopic (exact) mass is 404 g/mol. The molecular formula is C20H25ClN4O3. The number of piperidine rings is 1. The summed E-state index contributed by atoms with van der Waals surface area (Å²) in [6.07, 6.45) is 7.37. The second-order valence-corrected chi connectivity index (χ2v) is 7.79. The summed E-state index contributed by atoms with van der Waals surface area (Å²) in [6.45, 7) is 2.03. The highest BCUT2D eigenvalue weighted by atomic mass is 35.5. The van der Waals surface area contributed by atoms with Crippen LogP contribution in [0.15, 0.2) is 43.0 Å². The average Bonchev–Trinajstić information content (AvgIpc) is 3.18. The molecule has 1 atom stereocenters. The summed E-state index contributed by atoms with van der Waals surface area (Å²) in [5.74, 6) is 0.312. The van der Waals surface area contributed by atoms with Crippen LogP contribution in [0.4, 0.5) is 0 Å². The van der Waals surface area contributed by atoms with Gasteiger partial charge in [-0.15, -0.1) is 0 Å². The molecule has 1 fully saturated rings. The van der Waals surface area contributed by atoms with Gasteiger partial charge in [0.2, 0.25) is 11.8 Å². The molecule has 1 unspecified atom stereocenters. The predicted octanol–water partition coefficient (Wildman–Crippen LogP) is 2.49. The minimum absolute atomic E-state index is 0.0602. The van der Waals surface area contributed by atoms with Crippen LogP contribution in [0.3, 0.4) is 0 Å². The molecule has 0 bridgehead atoms. The number of carbonyl (C=O) groups excluding carboxylic acids is 2. The number of hydrogen-bond donors (Lipinski definition) is 1. The molecule has 1 saturated heterocycles. The van der Waals surface area contributed by atoms with E-state index in [1.54, 1.807) is 24.7 Å². The molecule has 7 nitrogen and oxygen atoms in total. The SMILES string of the molecule is NC(=O)CC1(COc2cccc(Cl)c2)CCCN(C(=O)CCn2ccnc2)C1. The van der Waals surface area contributed by atoms with Gasteiger partial charge < -0.3 is 19.9 Å². The first kappa shape index (κ1) is 20.2. The fourth-order valence-electron chi connectivity index (χ4n) is 3.70. The number of imidazole rings is 1. The van der Waals surface area contributed by atoms with Crippen molar-refractivity contribution in [2.75, 3.05) is 19.7 Å². The third kappa shape index (κ3) is 5.48. The standard InChI is InChI=1S/C20H25ClN4O3/c21-16-3-1-4-17(11-16)28-14-20(12-18(22)26)6-2-8-25(13-20)19(27)5-9-24-10-7-23-15-24/h1,3-4,7,10-11,15H,2,5-6,8-9,12-14H2,(H2,22,26). The summed E-state index contributed by atoms with van der Waals surface area (Å²) in [7, 11) is 0. The van der Waals surface area contributed by atoms with Crippen molar-refractivity contribution >= 4 is 23.4 Å². The van der Waals surface area contributed by atoms with E-state index < -0.39 is 5.41 Å². The Morgan fingerprint density at radius 3 is 2.93 bits per heavy atom. The quantitative estimate of drug-likeness (QED) is 0.731. The van der Waals surface area contributed by atoms with Crippen molar-refractivity contribution in [1.29, 1.82) is 0 Å². The van der Waals surface area contributed by atoms with Gasteiger partial charge in [-0.2, -0.15) is 0 Å². The second kappa shape index (κ2) is 9.10. The lowest BCUT2D eigenvalue weighted by Crippen LogP contribution is -2.50. The molecule has 3 rings (SSSR count). The Labute approximate surface area is 169 Å². The number of rotatable bonds is 8. The molecule has 8 heteroatoms. The van der Waals surface area contributed by atoms with Crippen LogP contribution < -0.4 is 10.5 Å². The Morgan fingerprint density at radius 1 is 1.36 bits per heavy atom. The zero-order valence-corrected chi connectivity index (χ0v) is 16.5. The first-order valence-electron chi connectivity index (χ1n) is 9.36. The van der Waals surface area contributed by atoms with Gasteiger partial charge in [-0.05, 0) is 31.0 Å². The van der Waals surface area contributed by atoms with E-state index >= 15 is 0 Å². The van der Waals surface area contributed by atoms with Gasteiger partial charge in [0.05, 0.1) is 12.9 Å². The first-order chi connectivity index (χ1) is 13.5. The fourth-order valence-corrected chi connectivity index (χ4v) is 3.88. The maximum atomic E-state index is 12.7. The molecule has 0 aliphatic carbocycles. The average molecular weight is 405 g/mol. The van der Waals surface area contributed by atoms with E-state index in [4.69, 9.17) is 22.1 Å². The Balaban J connectivity index is 1.65. The zero-order valence-electron chi connectivity index (χ0n) is 15.7. The van der Waals surface area contributed by atoms with E-state index in [9.17, 15) is 9.59 Å². The molecule has 0 radical (unpaired) electrons. The molecule has 1 aromatic heterocycles. The molecule has 2 amide bonds. The van der Waals surface area contributed by atoms with E-state index in [-0.39, 0.29) is 18.2 Å². The van der Waals surface area contributed by atoms with Gasteiger partial charge >= 0.3 is 0 Å². The van der Waals surface area contributed by atoms with Gasteiger partial charge in [-0.1, -0.05) is 17.7 Å². The summed E-state index contributed by atoms with van der Waals surface area (Å²) in [5, 5.41) is 0.585. The van der Waals surface area contributed by atoms with Crippen LogP contribution in [0.5, 0.6) is 5.75 Å². The Bertz CT molecular complexity index is 812. The molecule has 2 N–H and O–H groups in total. The Kier molecular flexibility index (Phi) is 6.57. The van der Waals surface area contributed by atoms with E-state index in [1.165, 1.54) is 0 Å². The number of nitrogens with two attached hydrogens (primary N) is 1. The molecule has 1 aliphatic rings. The van der Waals surface area contributed by atoms with Crippen LogP contribution in [0, 0.1) is 5.41 Å². The highest BCUT2D eigenvalue weighted by Crippen LogP contribution is 2.35. The number of primary amides is 1. The van der Waals surface area contributed by atoms with Crippen LogP contribution in [-0.2, 0) is 16.1 Å². The topological polar surface area (TPSA) is 90.5 Å². The van der Waals surface area contributed by atoms with Gasteiger partial charge in [0, 0.05) is 55.3 Å². The first-order valence-corrected chi connectivity index (χ1v) is 9.74. The van der Waals surface area contributed by atoms with Gasteiger partial charge in [0.1, 0.15) is 5.75 Å². The van der Waals surface area contributed by atoms with E-state index in [1.807, 2.05) is 27.8 Å². The third-order valence-corrected chi connectivity index (χ3v) is 5.28. The van der Waals surface area contributed by atoms with E-state index in [0.717, 1.165) is 12.8 Å². The van der Waals surface area contributed by atoms with Gasteiger partial charge in [-0.25, -0.2) is 4.98 Å². The molecule has 150 valence electrons. The van der Waals surface area contributed by atoms with Crippen molar-refractivity contribution in [1.82, 2.24) is 14.5 Å². The number of aryl methyl sites for hydroxylation is 1. The van der Waals surface area contributed by atoms with Crippen LogP contribution in [-0.4, -0.2) is 46.0 Å². The minimum Gasteiger partial charge on any atom is -0.493 e. The molecule has 2 aromatic rings. The number of carbonyl (C=O) groups is 2. The Morgan fingerprint density at radius 2 is 2.21 bits per heavy atom. The molecule has 0 spiro atoms. The highest BCUT2D eigenvalue weighted by molar-refractivity contribution is 6.30. The van der Waals surface area contributed by atoms with Crippen molar-refractivity contribution in [2.45, 2.75) is 32.2 Å². The number of nitrogens with zero attached hydrogens (tertiary/aromatic N) is 3. The summed E-state index contributed by atoms with van der Waals surface area (Å²) >= 11 is 6.01. The maximum absolute atomic E-state index is 12.7. The smallest absolute Gasteiger partial charge is 0.224 e. The molecule has 1 aromatic carbocycles. The van der Waals surface area contributed by atoms with Crippen molar-refractivity contribution in [2.24, 2.45) is 11.1 Å². The third-order valence-electron chi connectivity index (χ3n) is 5.05. The molecule has 1 aliphatic heterocycles. The maximum Gasteiger partial charge on any atom is 0.224 e. The predicted molar refractivity (Wildman–Crippen MR) is 106 cm³/mol. The van der Waals surface area contributed by atoms with Gasteiger partial charge in [-0.3, -0.25) is 9.59 Å². The lowest BCUT2D eigenvalue weighted by molar-refractivity contribution is -0.137. The van der Waals surface area contributed by atoms with Crippen molar-refractivity contribution in [3.05, 3.63) is 48.0 Å². The lowest BCUT2D eigenvalue weighted by Gasteiger charge is -2.42. The van der Waals surface area contributed by atoms with Crippen molar-refractivity contribution in [3.63, 3.8) is 0 Å². The summed E-state index contributed by atoms with van der Waals surface area (Å²) < 4.78 is 7.81. The second-order valence-electron chi connectivity index (χ2n) is 7.36. The van der Waals surface area contributed by atoms with Gasteiger partial charge in [0.15, 0.2) is 0 Å². The summed E-state index contributed by atoms with van der Waals surface area (Å²) in [4.78, 5) is 30.2. The van der Waals surface area contributed by atoms with Crippen LogP contribution in [0.25, 0.3) is 0 Å². The Hall–Kier alpha value is -2.54. The highest BCUT2D eigenvalue weighted by Gasteiger charge is 2.39. The van der Waals surface area contributed by atoms with Crippen molar-refractivity contribution in [3.8, 4) is 5.75 Å². The van der Waals surface area contributed by atoms with E-state index in [0.29, 0.717) is 43.4 Å². The zero-order chi connectivity index (χ0) is 20.0. The van der Waals surface area contributed by atoms with Crippen LogP contribution in [0.2, 0.25) is 5.02 Å². The number of ether oxygens (including phenoxy) is 1. The minimum atomic E-state index is -0.489. The van der Waals surface area contributed by atoms with Crippen LogP contribution in [0.1, 0.15) is 25.7 Å². The largest absolute Gasteiger partial charge is 0.493 e. The lowest BCUT2D eigenvalue weighted by atomic mass is 9.77. The van der Waals surface area contributed by atoms with E-state index in [2.05, 4.69) is 4.98 Å². The molecule has 28 heavy (non-hydrogen) atoms. The number of likely N-dealkylation sites (tertiary alicyclic amines) is 1. The molecule has 0 saturated carbocycles. The van der Waals surface area contributed by atoms with Gasteiger partial charge in [0.25, 0.3) is 0 Å². The molecular weight excluding hydrogens is 380 g/mol. The number of benzene rings is 1. The number of halogens is 1.